The molecular formula is C21H19Cl3N2O3. The van der Waals surface area contributed by atoms with Crippen molar-refractivity contribution in [3.8, 4) is 17.6 Å². The van der Waals surface area contributed by atoms with Gasteiger partial charge in [0.05, 0.1) is 21.7 Å². The summed E-state index contributed by atoms with van der Waals surface area (Å²) in [4.78, 5) is 13.4. The van der Waals surface area contributed by atoms with Crippen molar-refractivity contribution in [3.63, 3.8) is 0 Å². The summed E-state index contributed by atoms with van der Waals surface area (Å²) in [6, 6.07) is 10.4. The van der Waals surface area contributed by atoms with E-state index in [-0.39, 0.29) is 17.2 Å². The average Bonchev–Trinajstić information content (AvgIpc) is 2.67. The summed E-state index contributed by atoms with van der Waals surface area (Å²) in [5, 5.41) is 10.5. The first-order valence-corrected chi connectivity index (χ1v) is 9.76. The third-order valence-corrected chi connectivity index (χ3v) is 4.79. The normalized spacial score (nSPS) is 11.0. The molecular weight excluding hydrogens is 435 g/mol. The van der Waals surface area contributed by atoms with Gasteiger partial charge in [-0.1, -0.05) is 40.9 Å². The van der Waals surface area contributed by atoms with Crippen LogP contribution < -0.4 is 9.47 Å². The molecule has 0 aliphatic heterocycles. The molecule has 0 unspecified atom stereocenters. The van der Waals surface area contributed by atoms with Crippen LogP contribution in [0.4, 0.5) is 0 Å². The highest BCUT2D eigenvalue weighted by Crippen LogP contribution is 2.38. The predicted molar refractivity (Wildman–Crippen MR) is 116 cm³/mol. The van der Waals surface area contributed by atoms with Gasteiger partial charge < -0.3 is 14.4 Å². The molecule has 0 saturated carbocycles. The number of carbonyl (C=O) groups is 1. The Bertz CT molecular complexity index is 982. The van der Waals surface area contributed by atoms with Crippen molar-refractivity contribution in [2.45, 2.75) is 13.5 Å². The van der Waals surface area contributed by atoms with Gasteiger partial charge in [0, 0.05) is 14.1 Å². The van der Waals surface area contributed by atoms with Crippen LogP contribution in [0, 0.1) is 11.3 Å². The van der Waals surface area contributed by atoms with Crippen LogP contribution in [0.15, 0.2) is 35.9 Å². The van der Waals surface area contributed by atoms with Crippen molar-refractivity contribution < 1.29 is 14.3 Å². The van der Waals surface area contributed by atoms with Gasteiger partial charge in [-0.05, 0) is 48.4 Å². The number of likely N-dealkylation sites (N-methyl/N-ethyl adjacent to an activating group) is 1. The minimum atomic E-state index is -0.401. The summed E-state index contributed by atoms with van der Waals surface area (Å²) in [5.41, 5.74) is 1.34. The molecule has 0 bridgehead atoms. The van der Waals surface area contributed by atoms with Crippen LogP contribution in [-0.2, 0) is 11.4 Å². The summed E-state index contributed by atoms with van der Waals surface area (Å²) in [6.07, 6.45) is 1.46. The van der Waals surface area contributed by atoms with Crippen LogP contribution >= 0.6 is 34.8 Å². The molecule has 0 N–H and O–H groups in total. The average molecular weight is 454 g/mol. The van der Waals surface area contributed by atoms with Gasteiger partial charge in [0.15, 0.2) is 11.5 Å². The monoisotopic (exact) mass is 452 g/mol. The van der Waals surface area contributed by atoms with Gasteiger partial charge in [0.2, 0.25) is 0 Å². The molecule has 2 rings (SSSR count). The Kier molecular flexibility index (Phi) is 8.21. The first-order valence-electron chi connectivity index (χ1n) is 8.63. The van der Waals surface area contributed by atoms with Crippen LogP contribution in [0.1, 0.15) is 18.1 Å². The first-order chi connectivity index (χ1) is 13.8. The second-order valence-corrected chi connectivity index (χ2v) is 7.39. The molecule has 152 valence electrons. The molecule has 0 heterocycles. The third kappa shape index (κ3) is 6.04. The smallest absolute Gasteiger partial charge is 0.264 e. The van der Waals surface area contributed by atoms with Crippen molar-refractivity contribution in [1.82, 2.24) is 4.90 Å². The largest absolute Gasteiger partial charge is 0.490 e. The molecule has 0 fully saturated rings. The predicted octanol–water partition coefficient (Wildman–Crippen LogP) is 5.62. The summed E-state index contributed by atoms with van der Waals surface area (Å²) in [7, 11) is 3.15. The SMILES string of the molecule is CCOc1cc(/C=C(/C#N)C(=O)N(C)C)cc(Cl)c1OCc1ccc(Cl)c(Cl)c1. The minimum absolute atomic E-state index is 0.0158. The molecule has 2 aromatic carbocycles. The van der Waals surface area contributed by atoms with E-state index in [1.54, 1.807) is 44.4 Å². The molecule has 29 heavy (non-hydrogen) atoms. The quantitative estimate of drug-likeness (QED) is 0.403. The number of ether oxygens (including phenoxy) is 2. The molecule has 0 aliphatic carbocycles. The van der Waals surface area contributed by atoms with E-state index < -0.39 is 5.91 Å². The zero-order chi connectivity index (χ0) is 21.6. The fraction of sp³-hybridized carbons (Fsp3) is 0.238. The van der Waals surface area contributed by atoms with E-state index in [0.717, 1.165) is 5.56 Å². The van der Waals surface area contributed by atoms with Crippen LogP contribution in [-0.4, -0.2) is 31.5 Å². The van der Waals surface area contributed by atoms with Gasteiger partial charge in [-0.2, -0.15) is 5.26 Å². The fourth-order valence-corrected chi connectivity index (χ4v) is 3.00. The van der Waals surface area contributed by atoms with E-state index in [9.17, 15) is 10.1 Å². The van der Waals surface area contributed by atoms with Gasteiger partial charge in [0.25, 0.3) is 5.91 Å². The van der Waals surface area contributed by atoms with E-state index in [1.165, 1.54) is 11.0 Å². The maximum Gasteiger partial charge on any atom is 0.264 e. The van der Waals surface area contributed by atoms with Crippen LogP contribution in [0.5, 0.6) is 11.5 Å². The maximum absolute atomic E-state index is 12.1. The Morgan fingerprint density at radius 1 is 1.10 bits per heavy atom. The molecule has 0 aromatic heterocycles. The van der Waals surface area contributed by atoms with E-state index >= 15 is 0 Å². The van der Waals surface area contributed by atoms with E-state index in [1.807, 2.05) is 13.0 Å². The molecule has 5 nitrogen and oxygen atoms in total. The number of amides is 1. The van der Waals surface area contributed by atoms with Gasteiger partial charge in [-0.25, -0.2) is 0 Å². The van der Waals surface area contributed by atoms with Crippen molar-refractivity contribution in [2.24, 2.45) is 0 Å². The lowest BCUT2D eigenvalue weighted by Crippen LogP contribution is -2.22. The molecule has 0 aliphatic rings. The van der Waals surface area contributed by atoms with Crippen LogP contribution in [0.25, 0.3) is 6.08 Å². The van der Waals surface area contributed by atoms with E-state index in [4.69, 9.17) is 44.3 Å². The molecule has 0 radical (unpaired) electrons. The summed E-state index contributed by atoms with van der Waals surface area (Å²) in [6.45, 7) is 2.41. The Labute approximate surface area is 185 Å². The van der Waals surface area contributed by atoms with Gasteiger partial charge in [-0.3, -0.25) is 4.79 Å². The third-order valence-electron chi connectivity index (χ3n) is 3.77. The maximum atomic E-state index is 12.1. The van der Waals surface area contributed by atoms with Gasteiger partial charge >= 0.3 is 0 Å². The Balaban J connectivity index is 2.35. The van der Waals surface area contributed by atoms with Gasteiger partial charge in [-0.15, -0.1) is 0 Å². The second-order valence-electron chi connectivity index (χ2n) is 6.17. The zero-order valence-corrected chi connectivity index (χ0v) is 18.4. The molecule has 2 aromatic rings. The lowest BCUT2D eigenvalue weighted by atomic mass is 10.1. The topological polar surface area (TPSA) is 62.6 Å². The summed E-state index contributed by atoms with van der Waals surface area (Å²) >= 11 is 18.4. The van der Waals surface area contributed by atoms with Crippen molar-refractivity contribution >= 4 is 46.8 Å². The van der Waals surface area contributed by atoms with Crippen LogP contribution in [0.3, 0.4) is 0 Å². The number of hydrogen-bond donors (Lipinski definition) is 0. The standard InChI is InChI=1S/C21H19Cl3N2O3/c1-4-28-19-10-14(7-15(11-25)21(27)26(2)3)9-18(24)20(19)29-12-13-5-6-16(22)17(23)8-13/h5-10H,4,12H2,1-3H3/b15-7-. The lowest BCUT2D eigenvalue weighted by Gasteiger charge is -2.15. The fourth-order valence-electron chi connectivity index (χ4n) is 2.41. The summed E-state index contributed by atoms with van der Waals surface area (Å²) < 4.78 is 11.5. The van der Waals surface area contributed by atoms with E-state index in [2.05, 4.69) is 0 Å². The number of benzene rings is 2. The van der Waals surface area contributed by atoms with Crippen molar-refractivity contribution in [1.29, 1.82) is 5.26 Å². The molecule has 1 amide bonds. The number of rotatable bonds is 7. The van der Waals surface area contributed by atoms with Crippen molar-refractivity contribution in [2.75, 3.05) is 20.7 Å². The zero-order valence-electron chi connectivity index (χ0n) is 16.1. The number of hydrogen-bond acceptors (Lipinski definition) is 4. The molecule has 0 spiro atoms. The molecule has 0 atom stereocenters. The first kappa shape index (κ1) is 22.9. The number of carbonyl (C=O) groups excluding carboxylic acids is 1. The second kappa shape index (κ2) is 10.4. The molecule has 0 saturated heterocycles. The highest BCUT2D eigenvalue weighted by molar-refractivity contribution is 6.42. The highest BCUT2D eigenvalue weighted by atomic mass is 35.5. The lowest BCUT2D eigenvalue weighted by molar-refractivity contribution is -0.124. The Morgan fingerprint density at radius 2 is 1.83 bits per heavy atom. The van der Waals surface area contributed by atoms with E-state index in [0.29, 0.717) is 33.7 Å². The number of nitrogens with zero attached hydrogens (tertiary/aromatic N) is 2. The molecule has 8 heteroatoms. The Morgan fingerprint density at radius 3 is 2.41 bits per heavy atom. The van der Waals surface area contributed by atoms with Crippen LogP contribution in [0.2, 0.25) is 15.1 Å². The highest BCUT2D eigenvalue weighted by Gasteiger charge is 2.15. The summed E-state index contributed by atoms with van der Waals surface area (Å²) in [5.74, 6) is 0.358. The van der Waals surface area contributed by atoms with Crippen molar-refractivity contribution in [3.05, 3.63) is 62.1 Å². The Hall–Kier alpha value is -2.39. The number of nitriles is 1. The number of halogens is 3. The minimum Gasteiger partial charge on any atom is -0.490 e. The van der Waals surface area contributed by atoms with Gasteiger partial charge in [0.1, 0.15) is 18.2 Å².